The molecule has 13 heavy (non-hydrogen) atoms. The maximum atomic E-state index is 10.7. The molecule has 4 heteroatoms. The highest BCUT2D eigenvalue weighted by Crippen LogP contribution is 2.21. The molecule has 3 N–H and O–H groups in total. The molecule has 1 aromatic carbocycles. The zero-order valence-corrected chi connectivity index (χ0v) is 8.23. The number of hydrogen-bond donors (Lipinski definition) is 2. The molecule has 1 atom stereocenters. The van der Waals surface area contributed by atoms with Crippen molar-refractivity contribution in [2.75, 3.05) is 5.73 Å². The maximum Gasteiger partial charge on any atom is 0.226 e. The third-order valence-electron chi connectivity index (χ3n) is 1.43. The highest BCUT2D eigenvalue weighted by Gasteiger charge is 1.97. The summed E-state index contributed by atoms with van der Waals surface area (Å²) in [6, 6.07) is 7.31. The first kappa shape index (κ1) is 9.80. The fourth-order valence-corrected chi connectivity index (χ4v) is 1.79. The van der Waals surface area contributed by atoms with Crippen molar-refractivity contribution in [3.05, 3.63) is 24.3 Å². The molecule has 0 fully saturated rings. The molecule has 0 aliphatic rings. The molecule has 0 saturated carbocycles. The van der Waals surface area contributed by atoms with E-state index in [1.165, 1.54) is 6.92 Å². The molecular weight excluding hydrogens is 184 g/mol. The summed E-state index contributed by atoms with van der Waals surface area (Å²) in [4.78, 5) is 11.7. The molecular formula is C9H12N2OS. The van der Waals surface area contributed by atoms with Crippen LogP contribution in [0.1, 0.15) is 6.92 Å². The fraction of sp³-hybridized carbons (Fsp3) is 0.111. The Bertz CT molecular complexity index is 332. The minimum atomic E-state index is -0.477. The summed E-state index contributed by atoms with van der Waals surface area (Å²) in [5.74, 6) is 3.76. The topological polar surface area (TPSA) is 55.1 Å². The van der Waals surface area contributed by atoms with Crippen LogP contribution >= 0.6 is 10.7 Å². The third kappa shape index (κ3) is 2.91. The molecule has 1 rings (SSSR count). The van der Waals surface area contributed by atoms with Crippen molar-refractivity contribution in [1.82, 2.24) is 4.72 Å². The van der Waals surface area contributed by atoms with Crippen LogP contribution < -0.4 is 10.5 Å². The summed E-state index contributed by atoms with van der Waals surface area (Å²) in [6.45, 7) is 1.47. The van der Waals surface area contributed by atoms with Gasteiger partial charge in [0.2, 0.25) is 5.91 Å². The number of carbonyl (C=O) groups is 1. The van der Waals surface area contributed by atoms with Gasteiger partial charge in [-0.1, -0.05) is 16.5 Å². The SMILES string of the molecule is C=S(NC(C)=O)c1ccc(N)cc1. The first-order chi connectivity index (χ1) is 6.09. The standard InChI is InChI=1S/C9H12N2OS/c1-7(12)11-13(2)9-5-3-8(10)4-6-9/h3-6H,2,10H2,1H3,(H,11,12). The lowest BCUT2D eigenvalue weighted by atomic mass is 10.3. The van der Waals surface area contributed by atoms with E-state index >= 15 is 0 Å². The van der Waals surface area contributed by atoms with Crippen molar-refractivity contribution in [2.24, 2.45) is 0 Å². The Hall–Kier alpha value is -1.29. The van der Waals surface area contributed by atoms with Crippen molar-refractivity contribution in [3.8, 4) is 0 Å². The molecule has 1 amide bonds. The van der Waals surface area contributed by atoms with Gasteiger partial charge in [0, 0.05) is 17.5 Å². The van der Waals surface area contributed by atoms with Crippen LogP contribution in [0.2, 0.25) is 0 Å². The number of carbonyl (C=O) groups excluding carboxylic acids is 1. The largest absolute Gasteiger partial charge is 0.399 e. The van der Waals surface area contributed by atoms with Crippen LogP contribution in [0.4, 0.5) is 5.69 Å². The molecule has 0 bridgehead atoms. The molecule has 1 aromatic rings. The summed E-state index contributed by atoms with van der Waals surface area (Å²) in [7, 11) is -0.477. The summed E-state index contributed by atoms with van der Waals surface area (Å²) < 4.78 is 2.72. The molecule has 1 unspecified atom stereocenters. The first-order valence-electron chi connectivity index (χ1n) is 3.76. The lowest BCUT2D eigenvalue weighted by Gasteiger charge is -2.07. The fourth-order valence-electron chi connectivity index (χ4n) is 0.865. The van der Waals surface area contributed by atoms with E-state index in [4.69, 9.17) is 5.73 Å². The molecule has 0 saturated heterocycles. The van der Waals surface area contributed by atoms with Crippen molar-refractivity contribution < 1.29 is 4.79 Å². The van der Waals surface area contributed by atoms with Crippen molar-refractivity contribution in [1.29, 1.82) is 0 Å². The summed E-state index contributed by atoms with van der Waals surface area (Å²) in [6.07, 6.45) is 0. The van der Waals surface area contributed by atoms with E-state index in [0.717, 1.165) is 4.90 Å². The number of anilines is 1. The summed E-state index contributed by atoms with van der Waals surface area (Å²) in [5.41, 5.74) is 6.24. The Balaban J connectivity index is 2.78. The number of amides is 1. The number of nitrogen functional groups attached to an aromatic ring is 1. The monoisotopic (exact) mass is 196 g/mol. The number of benzene rings is 1. The smallest absolute Gasteiger partial charge is 0.226 e. The number of nitrogens with one attached hydrogen (secondary N) is 1. The molecule has 3 nitrogen and oxygen atoms in total. The van der Waals surface area contributed by atoms with Gasteiger partial charge in [0.05, 0.1) is 0 Å². The highest BCUT2D eigenvalue weighted by molar-refractivity contribution is 8.12. The second-order valence-corrected chi connectivity index (χ2v) is 4.08. The van der Waals surface area contributed by atoms with Crippen LogP contribution in [0.25, 0.3) is 0 Å². The van der Waals surface area contributed by atoms with Gasteiger partial charge in [-0.15, -0.1) is 0 Å². The Morgan fingerprint density at radius 3 is 2.46 bits per heavy atom. The average molecular weight is 196 g/mol. The van der Waals surface area contributed by atoms with Crippen LogP contribution in [0.5, 0.6) is 0 Å². The zero-order valence-electron chi connectivity index (χ0n) is 7.41. The van der Waals surface area contributed by atoms with Crippen LogP contribution in [0, 0.1) is 0 Å². The normalized spacial score (nSPS) is 12.1. The Morgan fingerprint density at radius 1 is 1.46 bits per heavy atom. The van der Waals surface area contributed by atoms with E-state index < -0.39 is 10.7 Å². The molecule has 0 aromatic heterocycles. The minimum absolute atomic E-state index is 0.0739. The quantitative estimate of drug-likeness (QED) is 0.554. The van der Waals surface area contributed by atoms with Crippen molar-refractivity contribution in [3.63, 3.8) is 0 Å². The molecule has 0 aliphatic heterocycles. The van der Waals surface area contributed by atoms with E-state index in [1.54, 1.807) is 12.1 Å². The number of nitrogens with two attached hydrogens (primary N) is 1. The predicted octanol–water partition coefficient (Wildman–Crippen LogP) is 1.38. The van der Waals surface area contributed by atoms with Gasteiger partial charge in [-0.25, -0.2) is 0 Å². The van der Waals surface area contributed by atoms with Gasteiger partial charge < -0.3 is 10.5 Å². The summed E-state index contributed by atoms with van der Waals surface area (Å²) in [5, 5.41) is 0. The van der Waals surface area contributed by atoms with Gasteiger partial charge in [-0.3, -0.25) is 4.79 Å². The molecule has 0 spiro atoms. The third-order valence-corrected chi connectivity index (χ3v) is 2.81. The average Bonchev–Trinajstić information content (AvgIpc) is 2.04. The molecule has 0 radical (unpaired) electrons. The van der Waals surface area contributed by atoms with Crippen molar-refractivity contribution in [2.45, 2.75) is 11.8 Å². The van der Waals surface area contributed by atoms with Crippen LogP contribution in [0.15, 0.2) is 29.2 Å². The van der Waals surface area contributed by atoms with Gasteiger partial charge in [0.25, 0.3) is 0 Å². The van der Waals surface area contributed by atoms with E-state index in [2.05, 4.69) is 10.6 Å². The molecule has 0 heterocycles. The van der Waals surface area contributed by atoms with E-state index in [1.807, 2.05) is 12.1 Å². The zero-order chi connectivity index (χ0) is 9.84. The highest BCUT2D eigenvalue weighted by atomic mass is 32.2. The minimum Gasteiger partial charge on any atom is -0.399 e. The lowest BCUT2D eigenvalue weighted by Crippen LogP contribution is -2.12. The number of rotatable bonds is 2. The van der Waals surface area contributed by atoms with Gasteiger partial charge in [0.1, 0.15) is 0 Å². The van der Waals surface area contributed by atoms with Gasteiger partial charge in [0.15, 0.2) is 0 Å². The van der Waals surface area contributed by atoms with E-state index in [0.29, 0.717) is 5.69 Å². The molecule has 0 aliphatic carbocycles. The van der Waals surface area contributed by atoms with Gasteiger partial charge in [-0.05, 0) is 24.3 Å². The van der Waals surface area contributed by atoms with Gasteiger partial charge in [-0.2, -0.15) is 0 Å². The molecule has 70 valence electrons. The Kier molecular flexibility index (Phi) is 3.08. The Morgan fingerprint density at radius 2 is 2.00 bits per heavy atom. The van der Waals surface area contributed by atoms with Crippen molar-refractivity contribution >= 4 is 28.1 Å². The predicted molar refractivity (Wildman–Crippen MR) is 57.6 cm³/mol. The van der Waals surface area contributed by atoms with E-state index in [9.17, 15) is 4.79 Å². The first-order valence-corrected chi connectivity index (χ1v) is 5.15. The lowest BCUT2D eigenvalue weighted by molar-refractivity contribution is -0.117. The van der Waals surface area contributed by atoms with Crippen LogP contribution in [-0.2, 0) is 4.79 Å². The van der Waals surface area contributed by atoms with Crippen LogP contribution in [-0.4, -0.2) is 11.8 Å². The van der Waals surface area contributed by atoms with Gasteiger partial charge >= 0.3 is 0 Å². The van der Waals surface area contributed by atoms with E-state index in [-0.39, 0.29) is 5.91 Å². The Labute approximate surface area is 80.0 Å². The second kappa shape index (κ2) is 4.09. The maximum absolute atomic E-state index is 10.7. The van der Waals surface area contributed by atoms with Crippen LogP contribution in [0.3, 0.4) is 0 Å². The summed E-state index contributed by atoms with van der Waals surface area (Å²) >= 11 is 0. The second-order valence-electron chi connectivity index (χ2n) is 2.62. The number of hydrogen-bond acceptors (Lipinski definition) is 2.